The molecule has 0 aliphatic carbocycles. The molecule has 0 unspecified atom stereocenters. The molecule has 0 spiro atoms. The molecule has 254 valence electrons. The summed E-state index contributed by atoms with van der Waals surface area (Å²) in [6.07, 6.45) is -0.186. The lowest BCUT2D eigenvalue weighted by molar-refractivity contribution is -0.153. The van der Waals surface area contributed by atoms with E-state index in [4.69, 9.17) is 51.5 Å². The minimum absolute atomic E-state index is 0.0507. The summed E-state index contributed by atoms with van der Waals surface area (Å²) in [5.74, 6) is -1.10. The summed E-state index contributed by atoms with van der Waals surface area (Å²) in [5.41, 5.74) is 4.08. The lowest BCUT2D eigenvalue weighted by Gasteiger charge is -2.34. The van der Waals surface area contributed by atoms with Gasteiger partial charge in [0.25, 0.3) is 20.2 Å². The van der Waals surface area contributed by atoms with E-state index in [9.17, 15) is 21.6 Å². The predicted molar refractivity (Wildman–Crippen MR) is 167 cm³/mol. The SMILES string of the molecule is CC(C)(C)OC(=O)NC[C@H]1[C@H](n2cnc3c(Cl)nc(N)nc32)OC(COS(C)(=O)=O)(COS(C)(=O)=O)[C@H]1OCc1ccc(Cl)cc1. The molecule has 16 nitrogen and oxygen atoms in total. The van der Waals surface area contributed by atoms with Crippen molar-refractivity contribution in [2.24, 2.45) is 5.92 Å². The van der Waals surface area contributed by atoms with E-state index < -0.39 is 69.0 Å². The average molecular weight is 726 g/mol. The second kappa shape index (κ2) is 13.7. The topological polar surface area (TPSA) is 213 Å². The first-order chi connectivity index (χ1) is 21.3. The molecule has 4 rings (SSSR count). The number of benzene rings is 1. The number of nitrogens with one attached hydrogen (secondary N) is 1. The van der Waals surface area contributed by atoms with Gasteiger partial charge in [0.15, 0.2) is 10.8 Å². The van der Waals surface area contributed by atoms with Crippen molar-refractivity contribution < 1.29 is 44.2 Å². The Hall–Kier alpha value is -2.84. The van der Waals surface area contributed by atoms with Gasteiger partial charge in [-0.1, -0.05) is 35.3 Å². The third-order valence-electron chi connectivity index (χ3n) is 6.56. The number of halogens is 2. The number of carbonyl (C=O) groups excluding carboxylic acids is 1. The third-order valence-corrected chi connectivity index (χ3v) is 8.17. The zero-order chi connectivity index (χ0) is 34.1. The van der Waals surface area contributed by atoms with Gasteiger partial charge in [-0.3, -0.25) is 12.9 Å². The van der Waals surface area contributed by atoms with E-state index in [-0.39, 0.29) is 35.4 Å². The highest BCUT2D eigenvalue weighted by Crippen LogP contribution is 2.45. The largest absolute Gasteiger partial charge is 0.444 e. The predicted octanol–water partition coefficient (Wildman–Crippen LogP) is 2.66. The highest BCUT2D eigenvalue weighted by molar-refractivity contribution is 7.86. The summed E-state index contributed by atoms with van der Waals surface area (Å²) >= 11 is 12.3. The maximum atomic E-state index is 12.8. The van der Waals surface area contributed by atoms with Crippen LogP contribution in [0, 0.1) is 5.92 Å². The molecule has 3 N–H and O–H groups in total. The number of imidazole rings is 1. The second-order valence-electron chi connectivity index (χ2n) is 11.6. The Labute approximate surface area is 276 Å². The van der Waals surface area contributed by atoms with Crippen molar-refractivity contribution in [1.29, 1.82) is 0 Å². The highest BCUT2D eigenvalue weighted by atomic mass is 35.5. The Morgan fingerprint density at radius 3 is 2.24 bits per heavy atom. The van der Waals surface area contributed by atoms with E-state index >= 15 is 0 Å². The molecular formula is C26H34Cl2N6O10S2. The molecular weight excluding hydrogens is 691 g/mol. The molecule has 1 aromatic carbocycles. The van der Waals surface area contributed by atoms with Crippen LogP contribution in [-0.4, -0.2) is 92.0 Å². The van der Waals surface area contributed by atoms with E-state index in [1.54, 1.807) is 45.0 Å². The number of anilines is 1. The Bertz CT molecular complexity index is 1750. The fourth-order valence-corrected chi connectivity index (χ4v) is 5.91. The molecule has 1 amide bonds. The van der Waals surface area contributed by atoms with Crippen LogP contribution in [0.1, 0.15) is 32.6 Å². The summed E-state index contributed by atoms with van der Waals surface area (Å²) in [7, 11) is -8.20. The second-order valence-corrected chi connectivity index (χ2v) is 15.7. The van der Waals surface area contributed by atoms with Crippen LogP contribution in [0.3, 0.4) is 0 Å². The number of carbonyl (C=O) groups is 1. The van der Waals surface area contributed by atoms with Crippen molar-refractivity contribution in [2.45, 2.75) is 50.9 Å². The fourth-order valence-electron chi connectivity index (χ4n) is 4.73. The first kappa shape index (κ1) is 36.0. The number of nitrogens with zero attached hydrogens (tertiary/aromatic N) is 4. The van der Waals surface area contributed by atoms with Crippen LogP contribution in [-0.2, 0) is 49.4 Å². The first-order valence-electron chi connectivity index (χ1n) is 13.6. The molecule has 2 aromatic heterocycles. The van der Waals surface area contributed by atoms with Gasteiger partial charge in [-0.25, -0.2) is 9.78 Å². The van der Waals surface area contributed by atoms with Gasteiger partial charge in [0, 0.05) is 11.6 Å². The molecule has 3 atom stereocenters. The van der Waals surface area contributed by atoms with Crippen LogP contribution in [0.2, 0.25) is 10.2 Å². The Kier molecular flexibility index (Phi) is 10.7. The number of amides is 1. The van der Waals surface area contributed by atoms with Crippen molar-refractivity contribution in [3.8, 4) is 0 Å². The van der Waals surface area contributed by atoms with Crippen LogP contribution < -0.4 is 11.1 Å². The Balaban J connectivity index is 1.86. The molecule has 46 heavy (non-hydrogen) atoms. The molecule has 3 aromatic rings. The van der Waals surface area contributed by atoms with Crippen LogP contribution in [0.25, 0.3) is 11.2 Å². The van der Waals surface area contributed by atoms with Gasteiger partial charge in [-0.15, -0.1) is 0 Å². The number of nitrogens with two attached hydrogens (primary N) is 1. The van der Waals surface area contributed by atoms with Crippen molar-refractivity contribution in [3.05, 3.63) is 46.3 Å². The van der Waals surface area contributed by atoms with Crippen molar-refractivity contribution in [3.63, 3.8) is 0 Å². The van der Waals surface area contributed by atoms with E-state index in [2.05, 4.69) is 20.3 Å². The standard InChI is InChI=1S/C26H34Cl2N6O10S2/c1-25(2,3)44-24(35)30-10-17-19(40-11-15-6-8-16(27)9-7-15)26(12-41-45(4,36)37,13-42-46(5,38)39)43-22(17)34-14-31-18-20(28)32-23(29)33-21(18)34/h6-9,14,17,19,22H,10-13H2,1-5H3,(H,30,35)(H2,29,32,33)/t17-,19+,22-/m1/s1. The minimum atomic E-state index is -4.10. The van der Waals surface area contributed by atoms with Crippen LogP contribution >= 0.6 is 23.2 Å². The van der Waals surface area contributed by atoms with E-state index in [0.29, 0.717) is 10.6 Å². The van der Waals surface area contributed by atoms with Crippen molar-refractivity contribution >= 4 is 66.6 Å². The number of fused-ring (bicyclic) bond motifs is 1. The fraction of sp³-hybridized carbons (Fsp3) is 0.538. The number of ether oxygens (including phenoxy) is 3. The number of hydrogen-bond acceptors (Lipinski definition) is 14. The minimum Gasteiger partial charge on any atom is -0.444 e. The van der Waals surface area contributed by atoms with Gasteiger partial charge in [-0.05, 0) is 38.5 Å². The van der Waals surface area contributed by atoms with E-state index in [1.165, 1.54) is 10.9 Å². The van der Waals surface area contributed by atoms with Crippen molar-refractivity contribution in [1.82, 2.24) is 24.8 Å². The normalized spacial score (nSPS) is 20.2. The molecule has 1 saturated heterocycles. The molecule has 0 saturated carbocycles. The number of nitrogen functional groups attached to an aromatic ring is 1. The lowest BCUT2D eigenvalue weighted by atomic mass is 9.90. The highest BCUT2D eigenvalue weighted by Gasteiger charge is 2.58. The Morgan fingerprint density at radius 1 is 1.07 bits per heavy atom. The van der Waals surface area contributed by atoms with Gasteiger partial charge in [0.1, 0.15) is 42.3 Å². The van der Waals surface area contributed by atoms with Crippen molar-refractivity contribution in [2.75, 3.05) is 38.0 Å². The summed E-state index contributed by atoms with van der Waals surface area (Å²) in [5, 5.41) is 3.12. The van der Waals surface area contributed by atoms with Crippen LogP contribution in [0.15, 0.2) is 30.6 Å². The quantitative estimate of drug-likeness (QED) is 0.203. The van der Waals surface area contributed by atoms with Gasteiger partial charge in [0.2, 0.25) is 5.95 Å². The molecule has 3 heterocycles. The van der Waals surface area contributed by atoms with Crippen LogP contribution in [0.4, 0.5) is 10.7 Å². The molecule has 0 bridgehead atoms. The van der Waals surface area contributed by atoms with Gasteiger partial charge in [-0.2, -0.15) is 26.8 Å². The monoisotopic (exact) mass is 724 g/mol. The Morgan fingerprint density at radius 2 is 1.67 bits per heavy atom. The zero-order valence-electron chi connectivity index (χ0n) is 25.5. The summed E-state index contributed by atoms with van der Waals surface area (Å²) < 4.78 is 78.9. The van der Waals surface area contributed by atoms with Gasteiger partial charge < -0.3 is 25.3 Å². The van der Waals surface area contributed by atoms with E-state index in [1.807, 2.05) is 0 Å². The number of rotatable bonds is 12. The smallest absolute Gasteiger partial charge is 0.407 e. The number of hydrogen-bond donors (Lipinski definition) is 2. The third kappa shape index (κ3) is 9.37. The lowest BCUT2D eigenvalue weighted by Crippen LogP contribution is -2.52. The molecule has 1 aliphatic heterocycles. The zero-order valence-corrected chi connectivity index (χ0v) is 28.6. The molecule has 0 radical (unpaired) electrons. The van der Waals surface area contributed by atoms with E-state index in [0.717, 1.165) is 12.5 Å². The number of alkyl carbamates (subject to hydrolysis) is 1. The maximum Gasteiger partial charge on any atom is 0.407 e. The summed E-state index contributed by atoms with van der Waals surface area (Å²) in [6.45, 7) is 3.31. The van der Waals surface area contributed by atoms with Gasteiger partial charge >= 0.3 is 6.09 Å². The summed E-state index contributed by atoms with van der Waals surface area (Å²) in [6, 6.07) is 6.70. The van der Waals surface area contributed by atoms with Crippen LogP contribution in [0.5, 0.6) is 0 Å². The first-order valence-corrected chi connectivity index (χ1v) is 18.0. The number of aromatic nitrogens is 4. The molecule has 1 aliphatic rings. The average Bonchev–Trinajstić information content (AvgIpc) is 3.47. The molecule has 20 heteroatoms. The maximum absolute atomic E-state index is 12.8. The molecule has 1 fully saturated rings. The van der Waals surface area contributed by atoms with Gasteiger partial charge in [0.05, 0.1) is 31.4 Å². The summed E-state index contributed by atoms with van der Waals surface area (Å²) in [4.78, 5) is 25.2.